The van der Waals surface area contributed by atoms with Crippen LogP contribution in [0.4, 0.5) is 11.4 Å². The number of hydrogen-bond donors (Lipinski definition) is 1. The monoisotopic (exact) mass is 427 g/mol. The summed E-state index contributed by atoms with van der Waals surface area (Å²) in [6, 6.07) is 8.16. The molecule has 2 fully saturated rings. The van der Waals surface area contributed by atoms with Crippen molar-refractivity contribution in [1.82, 2.24) is 4.90 Å². The molecular weight excluding hydrogens is 386 g/mol. The van der Waals surface area contributed by atoms with Gasteiger partial charge in [-0.2, -0.15) is 0 Å². The molecule has 0 radical (unpaired) electrons. The first kappa shape index (κ1) is 23.6. The lowest BCUT2D eigenvalue weighted by Gasteiger charge is -2.36. The summed E-state index contributed by atoms with van der Waals surface area (Å²) in [4.78, 5) is 29.5. The second-order valence-electron chi connectivity index (χ2n) is 9.34. The molecule has 5 heteroatoms. The second-order valence-corrected chi connectivity index (χ2v) is 9.34. The summed E-state index contributed by atoms with van der Waals surface area (Å²) in [7, 11) is 0. The first-order chi connectivity index (χ1) is 15.1. The van der Waals surface area contributed by atoms with Crippen molar-refractivity contribution >= 4 is 23.2 Å². The van der Waals surface area contributed by atoms with E-state index in [4.69, 9.17) is 0 Å². The van der Waals surface area contributed by atoms with E-state index in [1.54, 1.807) is 0 Å². The smallest absolute Gasteiger partial charge is 0.227 e. The molecule has 1 atom stereocenters. The SMILES string of the molecule is CCCCC(CC)C(=O)Nc1ccc(N2CCN(C(=O)CCC3CCCC3)CC2)cc1. The van der Waals surface area contributed by atoms with Gasteiger partial charge in [0.2, 0.25) is 11.8 Å². The highest BCUT2D eigenvalue weighted by Gasteiger charge is 2.23. The summed E-state index contributed by atoms with van der Waals surface area (Å²) in [6.07, 6.45) is 11.2. The van der Waals surface area contributed by atoms with Crippen molar-refractivity contribution in [2.75, 3.05) is 36.4 Å². The zero-order chi connectivity index (χ0) is 22.1. The maximum absolute atomic E-state index is 12.6. The van der Waals surface area contributed by atoms with Crippen LogP contribution in [0.2, 0.25) is 0 Å². The summed E-state index contributed by atoms with van der Waals surface area (Å²) in [5.41, 5.74) is 2.03. The van der Waals surface area contributed by atoms with Crippen molar-refractivity contribution < 1.29 is 9.59 Å². The van der Waals surface area contributed by atoms with Crippen LogP contribution in [-0.2, 0) is 9.59 Å². The molecule has 1 aliphatic heterocycles. The fourth-order valence-electron chi connectivity index (χ4n) is 4.97. The number of hydrogen-bond acceptors (Lipinski definition) is 3. The van der Waals surface area contributed by atoms with Gasteiger partial charge < -0.3 is 15.1 Å². The molecule has 1 heterocycles. The highest BCUT2D eigenvalue weighted by molar-refractivity contribution is 5.92. The van der Waals surface area contributed by atoms with Crippen LogP contribution >= 0.6 is 0 Å². The lowest BCUT2D eigenvalue weighted by atomic mass is 9.98. The van der Waals surface area contributed by atoms with Crippen molar-refractivity contribution in [3.8, 4) is 0 Å². The Morgan fingerprint density at radius 1 is 1.03 bits per heavy atom. The van der Waals surface area contributed by atoms with E-state index in [0.29, 0.717) is 5.91 Å². The third kappa shape index (κ3) is 6.98. The Hall–Kier alpha value is -2.04. The lowest BCUT2D eigenvalue weighted by Crippen LogP contribution is -2.48. The predicted octanol–water partition coefficient (Wildman–Crippen LogP) is 5.46. The Kier molecular flexibility index (Phi) is 9.23. The van der Waals surface area contributed by atoms with Crippen LogP contribution < -0.4 is 10.2 Å². The van der Waals surface area contributed by atoms with Crippen molar-refractivity contribution in [2.24, 2.45) is 11.8 Å². The normalized spacial score (nSPS) is 18.3. The third-order valence-corrected chi connectivity index (χ3v) is 7.14. The molecular formula is C26H41N3O2. The Bertz CT molecular complexity index is 689. The van der Waals surface area contributed by atoms with Gasteiger partial charge in [-0.3, -0.25) is 9.59 Å². The van der Waals surface area contributed by atoms with E-state index < -0.39 is 0 Å². The highest BCUT2D eigenvalue weighted by atomic mass is 16.2. The van der Waals surface area contributed by atoms with Gasteiger partial charge in [-0.05, 0) is 49.4 Å². The van der Waals surface area contributed by atoms with Gasteiger partial charge >= 0.3 is 0 Å². The Morgan fingerprint density at radius 3 is 2.32 bits per heavy atom. The van der Waals surface area contributed by atoms with E-state index in [-0.39, 0.29) is 11.8 Å². The lowest BCUT2D eigenvalue weighted by molar-refractivity contribution is -0.131. The second kappa shape index (κ2) is 12.1. The quantitative estimate of drug-likeness (QED) is 0.539. The standard InChI is InChI=1S/C26H41N3O2/c1-3-5-10-22(4-2)26(31)27-23-12-14-24(15-13-23)28-17-19-29(20-18-28)25(30)16-11-21-8-6-7-9-21/h12-15,21-22H,3-11,16-20H2,1-2H3,(H,27,31). The molecule has 0 spiro atoms. The molecule has 1 unspecified atom stereocenters. The summed E-state index contributed by atoms with van der Waals surface area (Å²) in [5.74, 6) is 1.34. The van der Waals surface area contributed by atoms with Crippen LogP contribution in [0.15, 0.2) is 24.3 Å². The number of piperazine rings is 1. The van der Waals surface area contributed by atoms with Gasteiger partial charge in [0.05, 0.1) is 0 Å². The summed E-state index contributed by atoms with van der Waals surface area (Å²) in [6.45, 7) is 7.60. The molecule has 172 valence electrons. The number of unbranched alkanes of at least 4 members (excludes halogenated alkanes) is 1. The molecule has 0 bridgehead atoms. The number of carbonyl (C=O) groups is 2. The molecule has 2 aliphatic rings. The average Bonchev–Trinajstić information content (AvgIpc) is 3.32. The van der Waals surface area contributed by atoms with E-state index in [1.807, 2.05) is 17.0 Å². The molecule has 0 aromatic heterocycles. The van der Waals surface area contributed by atoms with Crippen LogP contribution in [0, 0.1) is 11.8 Å². The predicted molar refractivity (Wildman–Crippen MR) is 128 cm³/mol. The molecule has 1 aliphatic carbocycles. The number of benzene rings is 1. The molecule has 1 aromatic carbocycles. The van der Waals surface area contributed by atoms with Gasteiger partial charge in [0.25, 0.3) is 0 Å². The molecule has 1 saturated carbocycles. The topological polar surface area (TPSA) is 52.7 Å². The van der Waals surface area contributed by atoms with E-state index >= 15 is 0 Å². The fourth-order valence-corrected chi connectivity index (χ4v) is 4.97. The minimum atomic E-state index is 0.0962. The summed E-state index contributed by atoms with van der Waals surface area (Å²) >= 11 is 0. The summed E-state index contributed by atoms with van der Waals surface area (Å²) < 4.78 is 0. The largest absolute Gasteiger partial charge is 0.368 e. The van der Waals surface area contributed by atoms with Crippen LogP contribution in [0.1, 0.15) is 78.1 Å². The Morgan fingerprint density at radius 2 is 1.71 bits per heavy atom. The minimum Gasteiger partial charge on any atom is -0.368 e. The van der Waals surface area contributed by atoms with Gasteiger partial charge in [0.15, 0.2) is 0 Å². The first-order valence-corrected chi connectivity index (χ1v) is 12.5. The molecule has 1 saturated heterocycles. The van der Waals surface area contributed by atoms with Crippen LogP contribution in [0.3, 0.4) is 0 Å². The summed E-state index contributed by atoms with van der Waals surface area (Å²) in [5, 5.41) is 3.08. The van der Waals surface area contributed by atoms with Crippen LogP contribution in [0.5, 0.6) is 0 Å². The van der Waals surface area contributed by atoms with Gasteiger partial charge in [-0.15, -0.1) is 0 Å². The highest BCUT2D eigenvalue weighted by Crippen LogP contribution is 2.29. The van der Waals surface area contributed by atoms with Gasteiger partial charge in [0, 0.05) is 49.9 Å². The number of anilines is 2. The van der Waals surface area contributed by atoms with Gasteiger partial charge in [0.1, 0.15) is 0 Å². The van der Waals surface area contributed by atoms with E-state index in [9.17, 15) is 9.59 Å². The number of rotatable bonds is 10. The third-order valence-electron chi connectivity index (χ3n) is 7.14. The zero-order valence-corrected chi connectivity index (χ0v) is 19.6. The number of nitrogens with one attached hydrogen (secondary N) is 1. The maximum atomic E-state index is 12.6. The van der Waals surface area contributed by atoms with Crippen molar-refractivity contribution in [3.05, 3.63) is 24.3 Å². The minimum absolute atomic E-state index is 0.0962. The molecule has 2 amide bonds. The molecule has 1 aromatic rings. The van der Waals surface area contributed by atoms with Crippen LogP contribution in [0.25, 0.3) is 0 Å². The van der Waals surface area contributed by atoms with E-state index in [1.165, 1.54) is 25.7 Å². The number of carbonyl (C=O) groups excluding carboxylic acids is 2. The zero-order valence-electron chi connectivity index (χ0n) is 19.6. The maximum Gasteiger partial charge on any atom is 0.227 e. The molecule has 3 rings (SSSR count). The van der Waals surface area contributed by atoms with Crippen molar-refractivity contribution in [2.45, 2.75) is 78.1 Å². The van der Waals surface area contributed by atoms with Crippen LogP contribution in [-0.4, -0.2) is 42.9 Å². The molecule has 31 heavy (non-hydrogen) atoms. The van der Waals surface area contributed by atoms with Crippen molar-refractivity contribution in [1.29, 1.82) is 0 Å². The van der Waals surface area contributed by atoms with Crippen molar-refractivity contribution in [3.63, 3.8) is 0 Å². The van der Waals surface area contributed by atoms with E-state index in [0.717, 1.165) is 82.0 Å². The fraction of sp³-hybridized carbons (Fsp3) is 0.692. The van der Waals surface area contributed by atoms with Gasteiger partial charge in [-0.25, -0.2) is 0 Å². The molecule has 1 N–H and O–H groups in total. The van der Waals surface area contributed by atoms with E-state index in [2.05, 4.69) is 36.2 Å². The van der Waals surface area contributed by atoms with Gasteiger partial charge in [-0.1, -0.05) is 52.4 Å². The number of amides is 2. The number of nitrogens with zero attached hydrogens (tertiary/aromatic N) is 2. The first-order valence-electron chi connectivity index (χ1n) is 12.5. The Labute approximate surface area is 188 Å². The Balaban J connectivity index is 1.43. The molecule has 5 nitrogen and oxygen atoms in total. The average molecular weight is 428 g/mol.